The summed E-state index contributed by atoms with van der Waals surface area (Å²) in [5, 5.41) is 12.6. The first-order valence-electron chi connectivity index (χ1n) is 6.65. The van der Waals surface area contributed by atoms with E-state index in [1.54, 1.807) is 6.07 Å². The molecule has 2 N–H and O–H groups in total. The van der Waals surface area contributed by atoms with Crippen LogP contribution >= 0.6 is 0 Å². The first-order chi connectivity index (χ1) is 9.80. The van der Waals surface area contributed by atoms with Gasteiger partial charge >= 0.3 is 5.97 Å². The molecular weight excluding hydrogens is 274 g/mol. The number of ether oxygens (including phenoxy) is 2. The van der Waals surface area contributed by atoms with Gasteiger partial charge in [0.05, 0.1) is 7.11 Å². The molecule has 0 aliphatic carbocycles. The fourth-order valence-corrected chi connectivity index (χ4v) is 1.56. The molecule has 0 aliphatic rings. The summed E-state index contributed by atoms with van der Waals surface area (Å²) < 4.78 is 9.80. The van der Waals surface area contributed by atoms with Crippen LogP contribution < -0.4 is 10.1 Å². The summed E-state index contributed by atoms with van der Waals surface area (Å²) in [5.74, 6) is -1.31. The standard InChI is InChI=1S/C15H21NO5/c1-5-15(2,3)16-12(17)9-21-14(19)10-7-6-8-11(20-4)13(10)18/h6-8,18H,5,9H2,1-4H3,(H,16,17). The Bertz CT molecular complexity index is 525. The molecule has 0 bridgehead atoms. The first kappa shape index (κ1) is 16.8. The van der Waals surface area contributed by atoms with E-state index in [4.69, 9.17) is 9.47 Å². The van der Waals surface area contributed by atoms with Crippen LogP contribution in [0.2, 0.25) is 0 Å². The number of nitrogens with one attached hydrogen (secondary N) is 1. The van der Waals surface area contributed by atoms with Crippen molar-refractivity contribution >= 4 is 11.9 Å². The van der Waals surface area contributed by atoms with Gasteiger partial charge in [0.1, 0.15) is 5.56 Å². The van der Waals surface area contributed by atoms with E-state index < -0.39 is 18.5 Å². The molecule has 1 aromatic carbocycles. The number of esters is 1. The number of amides is 1. The van der Waals surface area contributed by atoms with Gasteiger partial charge in [0, 0.05) is 5.54 Å². The van der Waals surface area contributed by atoms with Crippen molar-refractivity contribution < 1.29 is 24.2 Å². The van der Waals surface area contributed by atoms with Crippen LogP contribution in [0.1, 0.15) is 37.6 Å². The van der Waals surface area contributed by atoms with Gasteiger partial charge in [-0.05, 0) is 32.4 Å². The number of phenolic OH excluding ortho intramolecular Hbond substituents is 1. The monoisotopic (exact) mass is 295 g/mol. The highest BCUT2D eigenvalue weighted by Crippen LogP contribution is 2.29. The zero-order chi connectivity index (χ0) is 16.0. The van der Waals surface area contributed by atoms with E-state index in [0.717, 1.165) is 6.42 Å². The number of para-hydroxylation sites is 1. The minimum atomic E-state index is -0.782. The molecule has 6 nitrogen and oxygen atoms in total. The van der Waals surface area contributed by atoms with Crippen molar-refractivity contribution in [2.45, 2.75) is 32.7 Å². The quantitative estimate of drug-likeness (QED) is 0.782. The molecule has 1 amide bonds. The van der Waals surface area contributed by atoms with Crippen LogP contribution in [0.15, 0.2) is 18.2 Å². The number of phenols is 1. The second kappa shape index (κ2) is 6.97. The summed E-state index contributed by atoms with van der Waals surface area (Å²) in [5.41, 5.74) is -0.404. The van der Waals surface area contributed by atoms with Crippen molar-refractivity contribution in [3.63, 3.8) is 0 Å². The fraction of sp³-hybridized carbons (Fsp3) is 0.467. The van der Waals surface area contributed by atoms with Crippen molar-refractivity contribution in [2.24, 2.45) is 0 Å². The first-order valence-corrected chi connectivity index (χ1v) is 6.65. The Hall–Kier alpha value is -2.24. The van der Waals surface area contributed by atoms with E-state index in [1.807, 2.05) is 20.8 Å². The van der Waals surface area contributed by atoms with Crippen molar-refractivity contribution in [1.29, 1.82) is 0 Å². The molecule has 0 aliphatic heterocycles. The number of hydrogen-bond donors (Lipinski definition) is 2. The van der Waals surface area contributed by atoms with Crippen molar-refractivity contribution in [3.8, 4) is 11.5 Å². The van der Waals surface area contributed by atoms with E-state index in [1.165, 1.54) is 19.2 Å². The minimum Gasteiger partial charge on any atom is -0.504 e. The number of hydrogen-bond acceptors (Lipinski definition) is 5. The molecule has 21 heavy (non-hydrogen) atoms. The van der Waals surface area contributed by atoms with Gasteiger partial charge in [-0.15, -0.1) is 0 Å². The average molecular weight is 295 g/mol. The van der Waals surface area contributed by atoms with E-state index >= 15 is 0 Å². The van der Waals surface area contributed by atoms with Crippen LogP contribution in [-0.2, 0) is 9.53 Å². The van der Waals surface area contributed by atoms with Crippen molar-refractivity contribution in [3.05, 3.63) is 23.8 Å². The Balaban J connectivity index is 2.65. The second-order valence-electron chi connectivity index (χ2n) is 5.22. The number of carbonyl (C=O) groups is 2. The molecule has 0 atom stereocenters. The van der Waals surface area contributed by atoms with Gasteiger partial charge < -0.3 is 19.9 Å². The molecule has 0 heterocycles. The highest BCUT2D eigenvalue weighted by molar-refractivity contribution is 5.94. The zero-order valence-corrected chi connectivity index (χ0v) is 12.7. The maximum absolute atomic E-state index is 11.9. The lowest BCUT2D eigenvalue weighted by atomic mass is 10.0. The summed E-state index contributed by atoms with van der Waals surface area (Å²) in [6.45, 7) is 5.29. The van der Waals surface area contributed by atoms with Gasteiger partial charge in [-0.25, -0.2) is 4.79 Å². The van der Waals surface area contributed by atoms with Gasteiger partial charge in [0.15, 0.2) is 18.1 Å². The fourth-order valence-electron chi connectivity index (χ4n) is 1.56. The number of methoxy groups -OCH3 is 1. The highest BCUT2D eigenvalue weighted by Gasteiger charge is 2.20. The van der Waals surface area contributed by atoms with E-state index in [-0.39, 0.29) is 22.6 Å². The molecule has 0 aromatic heterocycles. The van der Waals surface area contributed by atoms with E-state index in [2.05, 4.69) is 5.32 Å². The van der Waals surface area contributed by atoms with Crippen molar-refractivity contribution in [2.75, 3.05) is 13.7 Å². The van der Waals surface area contributed by atoms with Crippen LogP contribution in [0.5, 0.6) is 11.5 Å². The van der Waals surface area contributed by atoms with Gasteiger partial charge in [0.25, 0.3) is 5.91 Å². The predicted octanol–water partition coefficient (Wildman–Crippen LogP) is 1.86. The topological polar surface area (TPSA) is 84.9 Å². The maximum Gasteiger partial charge on any atom is 0.342 e. The van der Waals surface area contributed by atoms with Gasteiger partial charge in [0.2, 0.25) is 0 Å². The van der Waals surface area contributed by atoms with Crippen LogP contribution in [0, 0.1) is 0 Å². The van der Waals surface area contributed by atoms with Crippen LogP contribution in [0.4, 0.5) is 0 Å². The Morgan fingerprint density at radius 3 is 2.57 bits per heavy atom. The summed E-state index contributed by atoms with van der Waals surface area (Å²) in [6, 6.07) is 4.46. The van der Waals surface area contributed by atoms with Gasteiger partial charge in [-0.2, -0.15) is 0 Å². The third-order valence-electron chi connectivity index (χ3n) is 3.13. The van der Waals surface area contributed by atoms with Gasteiger partial charge in [-0.3, -0.25) is 4.79 Å². The lowest BCUT2D eigenvalue weighted by molar-refractivity contribution is -0.125. The normalized spacial score (nSPS) is 10.9. The third kappa shape index (κ3) is 4.66. The smallest absolute Gasteiger partial charge is 0.342 e. The molecule has 0 fully saturated rings. The van der Waals surface area contributed by atoms with Crippen LogP contribution in [0.3, 0.4) is 0 Å². The molecule has 0 saturated heterocycles. The summed E-state index contributed by atoms with van der Waals surface area (Å²) in [7, 11) is 1.38. The molecule has 116 valence electrons. The Morgan fingerprint density at radius 1 is 1.33 bits per heavy atom. The number of rotatable bonds is 6. The molecule has 1 rings (SSSR count). The van der Waals surface area contributed by atoms with Crippen LogP contribution in [0.25, 0.3) is 0 Å². The third-order valence-corrected chi connectivity index (χ3v) is 3.13. The number of aromatic hydroxyl groups is 1. The Kier molecular flexibility index (Phi) is 5.58. The van der Waals surface area contributed by atoms with Gasteiger partial charge in [-0.1, -0.05) is 13.0 Å². The molecule has 0 radical (unpaired) electrons. The molecule has 0 saturated carbocycles. The summed E-state index contributed by atoms with van der Waals surface area (Å²) >= 11 is 0. The van der Waals surface area contributed by atoms with Crippen LogP contribution in [-0.4, -0.2) is 36.2 Å². The second-order valence-corrected chi connectivity index (χ2v) is 5.22. The molecule has 0 unspecified atom stereocenters. The average Bonchev–Trinajstić information content (AvgIpc) is 2.44. The molecule has 6 heteroatoms. The van der Waals surface area contributed by atoms with E-state index in [0.29, 0.717) is 0 Å². The Morgan fingerprint density at radius 2 is 2.00 bits per heavy atom. The number of carbonyl (C=O) groups excluding carboxylic acids is 2. The molecular formula is C15H21NO5. The van der Waals surface area contributed by atoms with E-state index in [9.17, 15) is 14.7 Å². The maximum atomic E-state index is 11.9. The lowest BCUT2D eigenvalue weighted by Gasteiger charge is -2.24. The summed E-state index contributed by atoms with van der Waals surface area (Å²) in [4.78, 5) is 23.5. The Labute approximate surface area is 124 Å². The predicted molar refractivity (Wildman–Crippen MR) is 77.5 cm³/mol. The summed E-state index contributed by atoms with van der Waals surface area (Å²) in [6.07, 6.45) is 0.753. The molecule has 0 spiro atoms. The molecule has 1 aromatic rings. The number of benzene rings is 1. The lowest BCUT2D eigenvalue weighted by Crippen LogP contribution is -2.44. The largest absolute Gasteiger partial charge is 0.504 e. The van der Waals surface area contributed by atoms with Crippen molar-refractivity contribution in [1.82, 2.24) is 5.32 Å². The zero-order valence-electron chi connectivity index (χ0n) is 12.7. The minimum absolute atomic E-state index is 0.0445. The highest BCUT2D eigenvalue weighted by atomic mass is 16.5. The SMILES string of the molecule is CCC(C)(C)NC(=O)COC(=O)c1cccc(OC)c1O.